The molecule has 1 aliphatic rings. The van der Waals surface area contributed by atoms with Crippen LogP contribution >= 0.6 is 0 Å². The number of hydrogen-bond acceptors (Lipinski definition) is 4. The van der Waals surface area contributed by atoms with Crippen LogP contribution in [0.1, 0.15) is 41.9 Å². The van der Waals surface area contributed by atoms with Crippen molar-refractivity contribution in [1.29, 1.82) is 0 Å². The van der Waals surface area contributed by atoms with E-state index in [1.54, 1.807) is 11.8 Å². The fraction of sp³-hybridized carbons (Fsp3) is 0.750. The first-order valence-electron chi connectivity index (χ1n) is 6.37. The van der Waals surface area contributed by atoms with Gasteiger partial charge in [0.2, 0.25) is 0 Å². The second-order valence-electron chi connectivity index (χ2n) is 4.74. The van der Waals surface area contributed by atoms with E-state index >= 15 is 0 Å². The van der Waals surface area contributed by atoms with E-state index < -0.39 is 5.97 Å². The minimum atomic E-state index is -1.02. The molecular weight excluding hydrogens is 234 g/mol. The summed E-state index contributed by atoms with van der Waals surface area (Å²) in [6.07, 6.45) is 5.49. The predicted octanol–water partition coefficient (Wildman–Crippen LogP) is 1.36. The van der Waals surface area contributed by atoms with Gasteiger partial charge in [-0.25, -0.2) is 9.48 Å². The van der Waals surface area contributed by atoms with Crippen molar-refractivity contribution in [2.24, 2.45) is 5.92 Å². The van der Waals surface area contributed by atoms with Crippen molar-refractivity contribution in [2.45, 2.75) is 38.6 Å². The summed E-state index contributed by atoms with van der Waals surface area (Å²) in [7, 11) is 1.60. The molecule has 0 aliphatic heterocycles. The molecule has 6 nitrogen and oxygen atoms in total. The number of nitrogens with zero attached hydrogens (tertiary/aromatic N) is 3. The van der Waals surface area contributed by atoms with Gasteiger partial charge in [0.05, 0.1) is 12.3 Å². The number of carbonyl (C=O) groups is 1. The van der Waals surface area contributed by atoms with Crippen LogP contribution in [-0.2, 0) is 17.7 Å². The molecule has 0 unspecified atom stereocenters. The lowest BCUT2D eigenvalue weighted by atomic mass is 9.83. The minimum Gasteiger partial charge on any atom is -0.476 e. The molecule has 18 heavy (non-hydrogen) atoms. The number of hydrogen-bond donors (Lipinski definition) is 1. The number of aromatic carboxylic acids is 1. The Kier molecular flexibility index (Phi) is 4.30. The maximum absolute atomic E-state index is 11.0. The Morgan fingerprint density at radius 2 is 2.33 bits per heavy atom. The third-order valence-electron chi connectivity index (χ3n) is 3.56. The van der Waals surface area contributed by atoms with Gasteiger partial charge in [-0.2, -0.15) is 0 Å². The van der Waals surface area contributed by atoms with Crippen LogP contribution < -0.4 is 0 Å². The first-order valence-corrected chi connectivity index (χ1v) is 6.37. The molecule has 1 saturated carbocycles. The average Bonchev–Trinajstić information content (AvgIpc) is 2.67. The monoisotopic (exact) mass is 253 g/mol. The second kappa shape index (κ2) is 5.95. The molecule has 1 aromatic heterocycles. The molecule has 1 aromatic rings. The zero-order valence-corrected chi connectivity index (χ0v) is 10.6. The van der Waals surface area contributed by atoms with E-state index in [1.807, 2.05) is 0 Å². The van der Waals surface area contributed by atoms with Crippen molar-refractivity contribution in [3.8, 4) is 0 Å². The van der Waals surface area contributed by atoms with E-state index in [2.05, 4.69) is 10.3 Å². The van der Waals surface area contributed by atoms with Crippen molar-refractivity contribution in [2.75, 3.05) is 13.7 Å². The number of aromatic nitrogens is 3. The van der Waals surface area contributed by atoms with E-state index in [-0.39, 0.29) is 5.69 Å². The molecule has 0 atom stereocenters. The molecule has 100 valence electrons. The summed E-state index contributed by atoms with van der Waals surface area (Å²) in [6.45, 7) is 1.24. The molecule has 0 bridgehead atoms. The van der Waals surface area contributed by atoms with Crippen LogP contribution in [0.3, 0.4) is 0 Å². The summed E-state index contributed by atoms with van der Waals surface area (Å²) in [4.78, 5) is 11.0. The van der Waals surface area contributed by atoms with Gasteiger partial charge in [-0.1, -0.05) is 24.5 Å². The van der Waals surface area contributed by atoms with Crippen molar-refractivity contribution in [3.63, 3.8) is 0 Å². The van der Waals surface area contributed by atoms with Gasteiger partial charge in [0.15, 0.2) is 5.69 Å². The highest BCUT2D eigenvalue weighted by atomic mass is 16.5. The number of rotatable bonds is 7. The highest BCUT2D eigenvalue weighted by Gasteiger charge is 2.21. The molecule has 1 heterocycles. The van der Waals surface area contributed by atoms with E-state index in [0.29, 0.717) is 18.7 Å². The number of methoxy groups -OCH3 is 1. The summed E-state index contributed by atoms with van der Waals surface area (Å²) in [5.74, 6) is -0.242. The van der Waals surface area contributed by atoms with Crippen molar-refractivity contribution in [3.05, 3.63) is 11.4 Å². The molecule has 6 heteroatoms. The van der Waals surface area contributed by atoms with Gasteiger partial charge in [-0.3, -0.25) is 0 Å². The lowest BCUT2D eigenvalue weighted by Crippen LogP contribution is -2.16. The summed E-state index contributed by atoms with van der Waals surface area (Å²) in [5.41, 5.74) is 0.726. The van der Waals surface area contributed by atoms with Crippen LogP contribution in [-0.4, -0.2) is 39.8 Å². The lowest BCUT2D eigenvalue weighted by molar-refractivity contribution is 0.0688. The van der Waals surface area contributed by atoms with E-state index in [4.69, 9.17) is 9.84 Å². The second-order valence-corrected chi connectivity index (χ2v) is 4.74. The summed E-state index contributed by atoms with van der Waals surface area (Å²) >= 11 is 0. The van der Waals surface area contributed by atoms with Gasteiger partial charge in [-0.15, -0.1) is 5.10 Å². The van der Waals surface area contributed by atoms with Gasteiger partial charge in [0, 0.05) is 20.1 Å². The van der Waals surface area contributed by atoms with Crippen LogP contribution in [0.15, 0.2) is 0 Å². The van der Waals surface area contributed by atoms with E-state index in [9.17, 15) is 4.79 Å². The molecule has 0 saturated heterocycles. The number of carboxylic acids is 1. The van der Waals surface area contributed by atoms with Crippen molar-refractivity contribution >= 4 is 5.97 Å². The zero-order chi connectivity index (χ0) is 13.0. The topological polar surface area (TPSA) is 77.2 Å². The van der Waals surface area contributed by atoms with Crippen molar-refractivity contribution in [1.82, 2.24) is 15.0 Å². The smallest absolute Gasteiger partial charge is 0.358 e. The fourth-order valence-electron chi connectivity index (χ4n) is 2.21. The number of ether oxygens (including phenoxy) is 1. The van der Waals surface area contributed by atoms with Gasteiger partial charge < -0.3 is 9.84 Å². The Morgan fingerprint density at radius 1 is 1.56 bits per heavy atom. The SMILES string of the molecule is COCCc1c(C(=O)O)nnn1CCC1CCC1. The highest BCUT2D eigenvalue weighted by Crippen LogP contribution is 2.29. The van der Waals surface area contributed by atoms with Gasteiger partial charge in [-0.05, 0) is 12.3 Å². The third kappa shape index (κ3) is 2.87. The van der Waals surface area contributed by atoms with Gasteiger partial charge in [0.25, 0.3) is 0 Å². The Balaban J connectivity index is 2.04. The zero-order valence-electron chi connectivity index (χ0n) is 10.6. The standard InChI is InChI=1S/C12H19N3O3/c1-18-8-6-10-11(12(16)17)13-14-15(10)7-5-9-3-2-4-9/h9H,2-8H2,1H3,(H,16,17). The van der Waals surface area contributed by atoms with Gasteiger partial charge in [0.1, 0.15) is 0 Å². The maximum Gasteiger partial charge on any atom is 0.358 e. The van der Waals surface area contributed by atoms with E-state index in [1.165, 1.54) is 19.3 Å². The number of carboxylic acid groups (broad SMARTS) is 1. The normalized spacial score (nSPS) is 15.6. The molecule has 1 fully saturated rings. The molecule has 0 amide bonds. The molecule has 1 aliphatic carbocycles. The molecular formula is C12H19N3O3. The first kappa shape index (κ1) is 13.0. The van der Waals surface area contributed by atoms with Crippen LogP contribution in [0.2, 0.25) is 0 Å². The lowest BCUT2D eigenvalue weighted by Gasteiger charge is -2.25. The summed E-state index contributed by atoms with van der Waals surface area (Å²) in [6, 6.07) is 0. The molecule has 0 aromatic carbocycles. The highest BCUT2D eigenvalue weighted by molar-refractivity contribution is 5.86. The Labute approximate surface area is 106 Å². The Hall–Kier alpha value is -1.43. The largest absolute Gasteiger partial charge is 0.476 e. The Bertz CT molecular complexity index is 413. The molecule has 2 rings (SSSR count). The van der Waals surface area contributed by atoms with Crippen LogP contribution in [0.4, 0.5) is 0 Å². The van der Waals surface area contributed by atoms with Crippen molar-refractivity contribution < 1.29 is 14.6 Å². The van der Waals surface area contributed by atoms with E-state index in [0.717, 1.165) is 18.9 Å². The third-order valence-corrected chi connectivity index (χ3v) is 3.56. The molecule has 1 N–H and O–H groups in total. The van der Waals surface area contributed by atoms with Gasteiger partial charge >= 0.3 is 5.97 Å². The quantitative estimate of drug-likeness (QED) is 0.793. The number of aryl methyl sites for hydroxylation is 1. The summed E-state index contributed by atoms with van der Waals surface area (Å²) < 4.78 is 6.72. The fourth-order valence-corrected chi connectivity index (χ4v) is 2.21. The minimum absolute atomic E-state index is 0.0562. The molecule has 0 radical (unpaired) electrons. The van der Waals surface area contributed by atoms with Crippen LogP contribution in [0.25, 0.3) is 0 Å². The van der Waals surface area contributed by atoms with Crippen LogP contribution in [0, 0.1) is 5.92 Å². The maximum atomic E-state index is 11.0. The van der Waals surface area contributed by atoms with Crippen LogP contribution in [0.5, 0.6) is 0 Å². The average molecular weight is 253 g/mol. The first-order chi connectivity index (χ1) is 8.72. The summed E-state index contributed by atoms with van der Waals surface area (Å²) in [5, 5.41) is 16.8. The Morgan fingerprint density at radius 3 is 2.89 bits per heavy atom. The molecule has 0 spiro atoms. The predicted molar refractivity (Wildman–Crippen MR) is 64.5 cm³/mol.